The quantitative estimate of drug-likeness (QED) is 0.437. The Morgan fingerprint density at radius 3 is 2.75 bits per heavy atom. The van der Waals surface area contributed by atoms with E-state index in [0.29, 0.717) is 19.7 Å². The summed E-state index contributed by atoms with van der Waals surface area (Å²) in [4.78, 5) is 5.91. The van der Waals surface area contributed by atoms with Crippen molar-refractivity contribution in [3.63, 3.8) is 0 Å². The number of rotatable bonds is 8. The van der Waals surface area contributed by atoms with E-state index in [2.05, 4.69) is 40.9 Å². The molecule has 0 spiro atoms. The molecule has 2 aromatic rings. The number of hydrogen-bond acceptors (Lipinski definition) is 4. The van der Waals surface area contributed by atoms with Crippen molar-refractivity contribution in [3.8, 4) is 11.5 Å². The number of hydrogen-bond donors (Lipinski definition) is 2. The molecule has 2 rings (SSSR count). The standard InChI is InChI=1S/C18H25N3O2S/c1-4-19-18(21-13-17-14(2)8-11-24-17)20-9-10-23-16-7-5-6-15(12-16)22-3/h5-8,11-12H,4,9-10,13H2,1-3H3,(H2,19,20,21). The van der Waals surface area contributed by atoms with E-state index < -0.39 is 0 Å². The highest BCUT2D eigenvalue weighted by Crippen LogP contribution is 2.18. The molecule has 2 N–H and O–H groups in total. The van der Waals surface area contributed by atoms with Crippen molar-refractivity contribution < 1.29 is 9.47 Å². The minimum Gasteiger partial charge on any atom is -0.497 e. The summed E-state index contributed by atoms with van der Waals surface area (Å²) in [5.74, 6) is 2.40. The molecular weight excluding hydrogens is 322 g/mol. The number of benzene rings is 1. The second kappa shape index (κ2) is 9.82. The van der Waals surface area contributed by atoms with Crippen LogP contribution < -0.4 is 20.1 Å². The summed E-state index contributed by atoms with van der Waals surface area (Å²) in [5.41, 5.74) is 1.29. The van der Waals surface area contributed by atoms with Crippen LogP contribution in [0, 0.1) is 6.92 Å². The van der Waals surface area contributed by atoms with Crippen LogP contribution in [-0.2, 0) is 6.54 Å². The fourth-order valence-electron chi connectivity index (χ4n) is 2.09. The molecule has 24 heavy (non-hydrogen) atoms. The lowest BCUT2D eigenvalue weighted by Crippen LogP contribution is -2.39. The monoisotopic (exact) mass is 347 g/mol. The van der Waals surface area contributed by atoms with Crippen molar-refractivity contribution in [2.75, 3.05) is 26.8 Å². The van der Waals surface area contributed by atoms with Crippen molar-refractivity contribution in [2.45, 2.75) is 20.4 Å². The topological polar surface area (TPSA) is 54.9 Å². The van der Waals surface area contributed by atoms with E-state index in [9.17, 15) is 0 Å². The molecule has 6 heteroatoms. The smallest absolute Gasteiger partial charge is 0.191 e. The van der Waals surface area contributed by atoms with E-state index in [1.54, 1.807) is 18.4 Å². The van der Waals surface area contributed by atoms with Gasteiger partial charge in [0.2, 0.25) is 0 Å². The van der Waals surface area contributed by atoms with Gasteiger partial charge in [-0.05, 0) is 43.0 Å². The Kier molecular flexibility index (Phi) is 7.42. The van der Waals surface area contributed by atoms with Crippen LogP contribution in [0.1, 0.15) is 17.4 Å². The van der Waals surface area contributed by atoms with Gasteiger partial charge < -0.3 is 20.1 Å². The molecule has 0 aliphatic rings. The van der Waals surface area contributed by atoms with Crippen LogP contribution in [0.3, 0.4) is 0 Å². The Bertz CT molecular complexity index is 655. The van der Waals surface area contributed by atoms with Gasteiger partial charge in [0.1, 0.15) is 18.1 Å². The first-order valence-electron chi connectivity index (χ1n) is 8.05. The molecule has 0 radical (unpaired) electrons. The van der Waals surface area contributed by atoms with Gasteiger partial charge in [0, 0.05) is 17.5 Å². The number of aryl methyl sites for hydroxylation is 1. The maximum atomic E-state index is 5.72. The first kappa shape index (κ1) is 18.1. The largest absolute Gasteiger partial charge is 0.497 e. The molecule has 0 saturated heterocycles. The average molecular weight is 347 g/mol. The van der Waals surface area contributed by atoms with Gasteiger partial charge in [-0.1, -0.05) is 6.07 Å². The highest BCUT2D eigenvalue weighted by Gasteiger charge is 2.01. The zero-order chi connectivity index (χ0) is 17.2. The number of ether oxygens (including phenoxy) is 2. The molecule has 1 aromatic carbocycles. The van der Waals surface area contributed by atoms with Crippen LogP contribution in [0.4, 0.5) is 0 Å². The van der Waals surface area contributed by atoms with E-state index in [4.69, 9.17) is 9.47 Å². The number of aliphatic imine (C=N–C) groups is 1. The first-order valence-corrected chi connectivity index (χ1v) is 8.93. The van der Waals surface area contributed by atoms with E-state index in [0.717, 1.165) is 24.0 Å². The Morgan fingerprint density at radius 2 is 2.04 bits per heavy atom. The lowest BCUT2D eigenvalue weighted by molar-refractivity contribution is 0.319. The molecule has 0 unspecified atom stereocenters. The highest BCUT2D eigenvalue weighted by atomic mass is 32.1. The molecule has 0 saturated carbocycles. The molecule has 1 heterocycles. The number of nitrogens with zero attached hydrogens (tertiary/aromatic N) is 1. The van der Waals surface area contributed by atoms with Gasteiger partial charge in [-0.3, -0.25) is 0 Å². The Balaban J connectivity index is 1.79. The van der Waals surface area contributed by atoms with Crippen LogP contribution in [-0.4, -0.2) is 32.8 Å². The first-order chi connectivity index (χ1) is 11.7. The fraction of sp³-hybridized carbons (Fsp3) is 0.389. The van der Waals surface area contributed by atoms with Gasteiger partial charge in [-0.25, -0.2) is 4.99 Å². The minimum absolute atomic E-state index is 0.551. The molecule has 5 nitrogen and oxygen atoms in total. The molecule has 1 aromatic heterocycles. The van der Waals surface area contributed by atoms with E-state index >= 15 is 0 Å². The van der Waals surface area contributed by atoms with Crippen LogP contribution in [0.15, 0.2) is 40.7 Å². The summed E-state index contributed by atoms with van der Waals surface area (Å²) in [5, 5.41) is 8.64. The van der Waals surface area contributed by atoms with Gasteiger partial charge in [0.15, 0.2) is 5.96 Å². The maximum absolute atomic E-state index is 5.72. The van der Waals surface area contributed by atoms with E-state index in [1.807, 2.05) is 24.3 Å². The van der Waals surface area contributed by atoms with Crippen molar-refractivity contribution >= 4 is 17.3 Å². The normalized spacial score (nSPS) is 11.2. The predicted octanol–water partition coefficient (Wildman–Crippen LogP) is 3.20. The Morgan fingerprint density at radius 1 is 1.21 bits per heavy atom. The number of methoxy groups -OCH3 is 1. The Labute approximate surface area is 147 Å². The second-order valence-corrected chi connectivity index (χ2v) is 6.18. The molecule has 0 fully saturated rings. The summed E-state index contributed by atoms with van der Waals surface area (Å²) in [6.07, 6.45) is 0. The number of thiophene rings is 1. The van der Waals surface area contributed by atoms with Crippen LogP contribution >= 0.6 is 11.3 Å². The number of nitrogens with one attached hydrogen (secondary N) is 2. The number of guanidine groups is 1. The van der Waals surface area contributed by atoms with Crippen LogP contribution in [0.5, 0.6) is 11.5 Å². The Hall–Kier alpha value is -2.21. The summed E-state index contributed by atoms with van der Waals surface area (Å²) < 4.78 is 10.9. The van der Waals surface area contributed by atoms with Crippen molar-refractivity contribution in [2.24, 2.45) is 4.99 Å². The van der Waals surface area contributed by atoms with Gasteiger partial charge in [0.05, 0.1) is 20.2 Å². The summed E-state index contributed by atoms with van der Waals surface area (Å²) in [6, 6.07) is 9.72. The predicted molar refractivity (Wildman–Crippen MR) is 100 cm³/mol. The third kappa shape index (κ3) is 5.77. The van der Waals surface area contributed by atoms with Gasteiger partial charge >= 0.3 is 0 Å². The van der Waals surface area contributed by atoms with Crippen LogP contribution in [0.2, 0.25) is 0 Å². The summed E-state index contributed by atoms with van der Waals surface area (Å²) in [6.45, 7) is 6.91. The average Bonchev–Trinajstić information content (AvgIpc) is 3.01. The molecule has 0 aliphatic carbocycles. The third-order valence-corrected chi connectivity index (χ3v) is 4.41. The van der Waals surface area contributed by atoms with E-state index in [-0.39, 0.29) is 0 Å². The SMILES string of the molecule is CCNC(=NCc1sccc1C)NCCOc1cccc(OC)c1. The van der Waals surface area contributed by atoms with Crippen molar-refractivity contribution in [1.29, 1.82) is 0 Å². The lowest BCUT2D eigenvalue weighted by atomic mass is 10.3. The zero-order valence-electron chi connectivity index (χ0n) is 14.5. The zero-order valence-corrected chi connectivity index (χ0v) is 15.3. The van der Waals surface area contributed by atoms with Gasteiger partial charge in [-0.15, -0.1) is 11.3 Å². The van der Waals surface area contributed by atoms with Crippen molar-refractivity contribution in [3.05, 3.63) is 46.2 Å². The molecule has 0 amide bonds. The highest BCUT2D eigenvalue weighted by molar-refractivity contribution is 7.10. The molecule has 130 valence electrons. The summed E-state index contributed by atoms with van der Waals surface area (Å²) in [7, 11) is 1.65. The third-order valence-electron chi connectivity index (χ3n) is 3.40. The summed E-state index contributed by atoms with van der Waals surface area (Å²) >= 11 is 1.74. The molecule has 0 aliphatic heterocycles. The fourth-order valence-corrected chi connectivity index (χ4v) is 2.92. The molecule has 0 atom stereocenters. The van der Waals surface area contributed by atoms with Crippen LogP contribution in [0.25, 0.3) is 0 Å². The molecule has 0 bridgehead atoms. The maximum Gasteiger partial charge on any atom is 0.191 e. The van der Waals surface area contributed by atoms with Crippen molar-refractivity contribution in [1.82, 2.24) is 10.6 Å². The molecular formula is C18H25N3O2S. The van der Waals surface area contributed by atoms with Gasteiger partial charge in [-0.2, -0.15) is 0 Å². The van der Waals surface area contributed by atoms with E-state index in [1.165, 1.54) is 10.4 Å². The second-order valence-electron chi connectivity index (χ2n) is 5.18. The lowest BCUT2D eigenvalue weighted by Gasteiger charge is -2.12. The van der Waals surface area contributed by atoms with Gasteiger partial charge in [0.25, 0.3) is 0 Å². The minimum atomic E-state index is 0.551.